The molecule has 1 aliphatic rings. The minimum Gasteiger partial charge on any atom is -0.494 e. The monoisotopic (exact) mass is 401 g/mol. The predicted molar refractivity (Wildman–Crippen MR) is 108 cm³/mol. The highest BCUT2D eigenvalue weighted by Gasteiger charge is 2.29. The summed E-state index contributed by atoms with van der Waals surface area (Å²) < 4.78 is 16.3. The van der Waals surface area contributed by atoms with Gasteiger partial charge in [-0.3, -0.25) is 9.59 Å². The van der Waals surface area contributed by atoms with Gasteiger partial charge in [0.25, 0.3) is 0 Å². The Labute approximate surface area is 168 Å². The van der Waals surface area contributed by atoms with Gasteiger partial charge in [-0.05, 0) is 42.8 Å². The smallest absolute Gasteiger partial charge is 0.307 e. The van der Waals surface area contributed by atoms with Crippen molar-refractivity contribution in [3.63, 3.8) is 0 Å². The van der Waals surface area contributed by atoms with Crippen LogP contribution in [0.25, 0.3) is 0 Å². The minimum atomic E-state index is -0.487. The van der Waals surface area contributed by atoms with Gasteiger partial charge in [0, 0.05) is 4.90 Å². The van der Waals surface area contributed by atoms with E-state index in [0.29, 0.717) is 12.4 Å². The summed E-state index contributed by atoms with van der Waals surface area (Å²) in [5.74, 6) is 0.880. The first kappa shape index (κ1) is 20.1. The maximum atomic E-state index is 12.1. The van der Waals surface area contributed by atoms with Crippen molar-refractivity contribution in [1.82, 2.24) is 0 Å². The Kier molecular flexibility index (Phi) is 7.19. The lowest BCUT2D eigenvalue weighted by atomic mass is 10.2. The molecule has 1 atom stereocenters. The predicted octanol–water partition coefficient (Wildman–Crippen LogP) is 3.90. The van der Waals surface area contributed by atoms with Crippen LogP contribution in [0.15, 0.2) is 53.4 Å². The molecule has 0 aliphatic carbocycles. The zero-order valence-electron chi connectivity index (χ0n) is 15.7. The molecule has 1 heterocycles. The van der Waals surface area contributed by atoms with Crippen LogP contribution in [0.5, 0.6) is 11.5 Å². The second-order valence-corrected chi connectivity index (χ2v) is 7.43. The van der Waals surface area contributed by atoms with Crippen LogP contribution in [0.1, 0.15) is 19.8 Å². The van der Waals surface area contributed by atoms with Gasteiger partial charge >= 0.3 is 5.97 Å². The van der Waals surface area contributed by atoms with Crippen LogP contribution < -0.4 is 14.8 Å². The zero-order valence-corrected chi connectivity index (χ0v) is 16.5. The number of para-hydroxylation sites is 1. The molecule has 0 aromatic heterocycles. The third kappa shape index (κ3) is 5.66. The van der Waals surface area contributed by atoms with Gasteiger partial charge in [0.2, 0.25) is 5.91 Å². The maximum absolute atomic E-state index is 12.1. The Hall–Kier alpha value is -2.67. The van der Waals surface area contributed by atoms with E-state index in [1.54, 1.807) is 0 Å². The van der Waals surface area contributed by atoms with E-state index in [1.165, 1.54) is 11.8 Å². The molecule has 0 unspecified atom stereocenters. The van der Waals surface area contributed by atoms with Crippen molar-refractivity contribution >= 4 is 29.3 Å². The lowest BCUT2D eigenvalue weighted by Crippen LogP contribution is -2.31. The maximum Gasteiger partial charge on any atom is 0.307 e. The normalized spacial score (nSPS) is 15.3. The molecule has 148 valence electrons. The van der Waals surface area contributed by atoms with Crippen LogP contribution in [-0.2, 0) is 14.3 Å². The van der Waals surface area contributed by atoms with Gasteiger partial charge in [0.1, 0.15) is 24.7 Å². The summed E-state index contributed by atoms with van der Waals surface area (Å²) >= 11 is 1.38. The largest absolute Gasteiger partial charge is 0.494 e. The van der Waals surface area contributed by atoms with Gasteiger partial charge in [-0.1, -0.05) is 19.1 Å². The molecule has 1 aliphatic heterocycles. The second kappa shape index (κ2) is 10.0. The first-order valence-corrected chi connectivity index (χ1v) is 10.1. The number of benzene rings is 2. The second-order valence-electron chi connectivity index (χ2n) is 6.18. The van der Waals surface area contributed by atoms with Gasteiger partial charge < -0.3 is 19.5 Å². The molecule has 2 aromatic rings. The Morgan fingerprint density at radius 2 is 1.68 bits per heavy atom. The number of hydrogen-bond donors (Lipinski definition) is 1. The SMILES string of the molecule is CCCOc1ccc(OCCOC(=O)C[C@@H]2Sc3ccccc3NC2=O)cc1. The number of nitrogens with one attached hydrogen (secondary N) is 1. The average Bonchev–Trinajstić information content (AvgIpc) is 2.71. The molecule has 6 nitrogen and oxygen atoms in total. The average molecular weight is 401 g/mol. The Morgan fingerprint density at radius 1 is 1.00 bits per heavy atom. The molecule has 0 radical (unpaired) electrons. The van der Waals surface area contributed by atoms with E-state index < -0.39 is 11.2 Å². The number of anilines is 1. The van der Waals surface area contributed by atoms with Crippen molar-refractivity contribution in [2.24, 2.45) is 0 Å². The fraction of sp³-hybridized carbons (Fsp3) is 0.333. The van der Waals surface area contributed by atoms with E-state index in [-0.39, 0.29) is 25.5 Å². The van der Waals surface area contributed by atoms with Crippen LogP contribution in [0.2, 0.25) is 0 Å². The number of esters is 1. The van der Waals surface area contributed by atoms with Gasteiger partial charge in [-0.15, -0.1) is 11.8 Å². The standard InChI is InChI=1S/C21H23NO5S/c1-2-11-25-15-7-9-16(10-8-15)26-12-13-27-20(23)14-19-21(24)22-17-5-3-4-6-18(17)28-19/h3-10,19H,2,11-14H2,1H3,(H,22,24)/t19-/m0/s1. The molecule has 1 N–H and O–H groups in total. The van der Waals surface area contributed by atoms with E-state index >= 15 is 0 Å². The fourth-order valence-electron chi connectivity index (χ4n) is 2.60. The fourth-order valence-corrected chi connectivity index (χ4v) is 3.70. The van der Waals surface area contributed by atoms with Gasteiger partial charge in [-0.25, -0.2) is 0 Å². The number of carbonyl (C=O) groups excluding carboxylic acids is 2. The molecule has 28 heavy (non-hydrogen) atoms. The molecule has 0 bridgehead atoms. The number of amides is 1. The van der Waals surface area contributed by atoms with Crippen molar-refractivity contribution in [3.8, 4) is 11.5 Å². The minimum absolute atomic E-state index is 0.0221. The molecule has 0 saturated carbocycles. The van der Waals surface area contributed by atoms with Crippen molar-refractivity contribution in [2.75, 3.05) is 25.1 Å². The molecule has 2 aromatic carbocycles. The van der Waals surface area contributed by atoms with Crippen LogP contribution in [0.3, 0.4) is 0 Å². The van der Waals surface area contributed by atoms with Crippen LogP contribution in [-0.4, -0.2) is 36.9 Å². The van der Waals surface area contributed by atoms with Crippen molar-refractivity contribution in [1.29, 1.82) is 0 Å². The molecule has 0 spiro atoms. The lowest BCUT2D eigenvalue weighted by Gasteiger charge is -2.23. The van der Waals surface area contributed by atoms with Crippen LogP contribution in [0, 0.1) is 0 Å². The summed E-state index contributed by atoms with van der Waals surface area (Å²) in [6.07, 6.45) is 0.978. The molecule has 0 fully saturated rings. The Bertz CT molecular complexity index is 809. The first-order valence-electron chi connectivity index (χ1n) is 9.23. The van der Waals surface area contributed by atoms with Gasteiger partial charge in [0.05, 0.1) is 24.0 Å². The van der Waals surface area contributed by atoms with Crippen molar-refractivity contribution in [2.45, 2.75) is 29.9 Å². The number of hydrogen-bond acceptors (Lipinski definition) is 6. The van der Waals surface area contributed by atoms with Gasteiger partial charge in [-0.2, -0.15) is 0 Å². The number of carbonyl (C=O) groups is 2. The highest BCUT2D eigenvalue weighted by molar-refractivity contribution is 8.01. The molecule has 1 amide bonds. The quantitative estimate of drug-likeness (QED) is 0.507. The lowest BCUT2D eigenvalue weighted by molar-refractivity contribution is -0.145. The number of ether oxygens (including phenoxy) is 3. The molecular weight excluding hydrogens is 378 g/mol. The molecular formula is C21H23NO5S. The Balaban J connectivity index is 1.37. The van der Waals surface area contributed by atoms with E-state index in [9.17, 15) is 9.59 Å². The summed E-state index contributed by atoms with van der Waals surface area (Å²) in [7, 11) is 0. The highest BCUT2D eigenvalue weighted by atomic mass is 32.2. The summed E-state index contributed by atoms with van der Waals surface area (Å²) in [5.41, 5.74) is 0.779. The van der Waals surface area contributed by atoms with Gasteiger partial charge in [0.15, 0.2) is 0 Å². The van der Waals surface area contributed by atoms with Crippen LogP contribution >= 0.6 is 11.8 Å². The third-order valence-corrected chi connectivity index (χ3v) is 5.25. The summed E-state index contributed by atoms with van der Waals surface area (Å²) in [4.78, 5) is 25.1. The van der Waals surface area contributed by atoms with Crippen molar-refractivity contribution in [3.05, 3.63) is 48.5 Å². The number of thioether (sulfide) groups is 1. The van der Waals surface area contributed by atoms with Crippen LogP contribution in [0.4, 0.5) is 5.69 Å². The Morgan fingerprint density at radius 3 is 2.39 bits per heavy atom. The van der Waals surface area contributed by atoms with E-state index in [1.807, 2.05) is 48.5 Å². The van der Waals surface area contributed by atoms with E-state index in [4.69, 9.17) is 14.2 Å². The highest BCUT2D eigenvalue weighted by Crippen LogP contribution is 2.36. The van der Waals surface area contributed by atoms with E-state index in [2.05, 4.69) is 12.2 Å². The topological polar surface area (TPSA) is 73.9 Å². The summed E-state index contributed by atoms with van der Waals surface area (Å²) in [5, 5.41) is 2.33. The number of fused-ring (bicyclic) bond motifs is 1. The number of rotatable bonds is 9. The first-order chi connectivity index (χ1) is 13.7. The van der Waals surface area contributed by atoms with Crippen molar-refractivity contribution < 1.29 is 23.8 Å². The third-order valence-electron chi connectivity index (χ3n) is 3.97. The molecule has 3 rings (SSSR count). The molecule has 0 saturated heterocycles. The molecule has 7 heteroatoms. The summed E-state index contributed by atoms with van der Waals surface area (Å²) in [6.45, 7) is 3.10. The van der Waals surface area contributed by atoms with E-state index in [0.717, 1.165) is 22.8 Å². The summed E-state index contributed by atoms with van der Waals surface area (Å²) in [6, 6.07) is 14.8. The zero-order chi connectivity index (χ0) is 19.8.